The molecule has 1 atom stereocenters. The molecule has 1 heterocycles. The second-order valence-electron chi connectivity index (χ2n) is 5.28. The molecular weight excluding hydrogens is 202 g/mol. The average molecular weight is 227 g/mol. The van der Waals surface area contributed by atoms with E-state index in [-0.39, 0.29) is 6.04 Å². The molecule has 0 aromatic rings. The minimum atomic E-state index is -0.669. The van der Waals surface area contributed by atoms with Crippen molar-refractivity contribution in [2.75, 3.05) is 13.1 Å². The van der Waals surface area contributed by atoms with Gasteiger partial charge in [0.1, 0.15) is 0 Å². The van der Waals surface area contributed by atoms with Crippen LogP contribution in [0.1, 0.15) is 46.5 Å². The Morgan fingerprint density at radius 2 is 1.94 bits per heavy atom. The zero-order valence-electron chi connectivity index (χ0n) is 10.8. The highest BCUT2D eigenvalue weighted by atomic mass is 16.4. The topological polar surface area (TPSA) is 40.5 Å². The van der Waals surface area contributed by atoms with Crippen LogP contribution >= 0.6 is 0 Å². The van der Waals surface area contributed by atoms with Crippen molar-refractivity contribution in [3.05, 3.63) is 0 Å². The SMILES string of the molecule is CCC(CC(=O)O)N1CCC(C(C)C)CC1. The van der Waals surface area contributed by atoms with Gasteiger partial charge in [0.05, 0.1) is 6.42 Å². The Balaban J connectivity index is 2.41. The highest BCUT2D eigenvalue weighted by Gasteiger charge is 2.26. The molecular formula is C13H25NO2. The van der Waals surface area contributed by atoms with Crippen molar-refractivity contribution in [3.8, 4) is 0 Å². The van der Waals surface area contributed by atoms with Crippen molar-refractivity contribution in [1.29, 1.82) is 0 Å². The summed E-state index contributed by atoms with van der Waals surface area (Å²) in [5.41, 5.74) is 0. The molecule has 1 aliphatic rings. The van der Waals surface area contributed by atoms with Gasteiger partial charge in [-0.3, -0.25) is 9.69 Å². The van der Waals surface area contributed by atoms with Crippen LogP contribution in [0.2, 0.25) is 0 Å². The Labute approximate surface area is 98.8 Å². The molecule has 3 nitrogen and oxygen atoms in total. The van der Waals surface area contributed by atoms with E-state index in [1.807, 2.05) is 0 Å². The molecule has 0 amide bonds. The molecule has 1 fully saturated rings. The van der Waals surface area contributed by atoms with Gasteiger partial charge in [-0.15, -0.1) is 0 Å². The first-order chi connectivity index (χ1) is 7.54. The van der Waals surface area contributed by atoms with Crippen LogP contribution in [-0.4, -0.2) is 35.1 Å². The molecule has 16 heavy (non-hydrogen) atoms. The molecule has 0 spiro atoms. The number of carboxylic acid groups (broad SMARTS) is 1. The summed E-state index contributed by atoms with van der Waals surface area (Å²) in [6, 6.07) is 0.241. The predicted octanol–water partition coefficient (Wildman–Crippen LogP) is 2.61. The molecule has 1 rings (SSSR count). The number of carbonyl (C=O) groups is 1. The maximum absolute atomic E-state index is 10.8. The number of hydrogen-bond acceptors (Lipinski definition) is 2. The number of carboxylic acids is 1. The lowest BCUT2D eigenvalue weighted by Crippen LogP contribution is -2.42. The number of nitrogens with zero attached hydrogens (tertiary/aromatic N) is 1. The Morgan fingerprint density at radius 3 is 2.31 bits per heavy atom. The highest BCUT2D eigenvalue weighted by molar-refractivity contribution is 5.67. The molecule has 0 aromatic carbocycles. The Kier molecular flexibility index (Phi) is 5.26. The quantitative estimate of drug-likeness (QED) is 0.785. The van der Waals surface area contributed by atoms with E-state index in [1.54, 1.807) is 0 Å². The molecule has 1 unspecified atom stereocenters. The molecule has 3 heteroatoms. The van der Waals surface area contributed by atoms with Gasteiger partial charge in [0.15, 0.2) is 0 Å². The van der Waals surface area contributed by atoms with Gasteiger partial charge in [0.25, 0.3) is 0 Å². The van der Waals surface area contributed by atoms with Gasteiger partial charge in [-0.25, -0.2) is 0 Å². The van der Waals surface area contributed by atoms with E-state index in [2.05, 4.69) is 25.7 Å². The predicted molar refractivity (Wildman–Crippen MR) is 65.5 cm³/mol. The monoisotopic (exact) mass is 227 g/mol. The zero-order chi connectivity index (χ0) is 12.1. The van der Waals surface area contributed by atoms with Crippen LogP contribution in [0.4, 0.5) is 0 Å². The fourth-order valence-electron chi connectivity index (χ4n) is 2.68. The summed E-state index contributed by atoms with van der Waals surface area (Å²) in [6.45, 7) is 8.81. The molecule has 0 aromatic heterocycles. The van der Waals surface area contributed by atoms with E-state index in [9.17, 15) is 4.79 Å². The summed E-state index contributed by atoms with van der Waals surface area (Å²) in [5.74, 6) is 0.929. The van der Waals surface area contributed by atoms with E-state index in [0.717, 1.165) is 31.3 Å². The van der Waals surface area contributed by atoms with Gasteiger partial charge in [-0.1, -0.05) is 20.8 Å². The molecule has 1 aliphatic heterocycles. The zero-order valence-corrected chi connectivity index (χ0v) is 10.8. The molecule has 0 radical (unpaired) electrons. The van der Waals surface area contributed by atoms with Gasteiger partial charge in [-0.2, -0.15) is 0 Å². The summed E-state index contributed by atoms with van der Waals surface area (Å²) in [7, 11) is 0. The van der Waals surface area contributed by atoms with E-state index >= 15 is 0 Å². The second-order valence-corrected chi connectivity index (χ2v) is 5.28. The van der Waals surface area contributed by atoms with Crippen LogP contribution in [0.3, 0.4) is 0 Å². The van der Waals surface area contributed by atoms with Gasteiger partial charge in [0.2, 0.25) is 0 Å². The number of piperidine rings is 1. The van der Waals surface area contributed by atoms with E-state index in [1.165, 1.54) is 12.8 Å². The minimum Gasteiger partial charge on any atom is -0.481 e. The standard InChI is InChI=1S/C13H25NO2/c1-4-12(9-13(15)16)14-7-5-11(6-8-14)10(2)3/h10-12H,4-9H2,1-3H3,(H,15,16). The summed E-state index contributed by atoms with van der Waals surface area (Å²) in [5, 5.41) is 8.86. The third-order valence-corrected chi connectivity index (χ3v) is 3.91. The van der Waals surface area contributed by atoms with Crippen molar-refractivity contribution >= 4 is 5.97 Å². The van der Waals surface area contributed by atoms with Gasteiger partial charge < -0.3 is 5.11 Å². The number of aliphatic carboxylic acids is 1. The van der Waals surface area contributed by atoms with Gasteiger partial charge in [-0.05, 0) is 44.2 Å². The third kappa shape index (κ3) is 3.78. The van der Waals surface area contributed by atoms with Gasteiger partial charge in [0, 0.05) is 6.04 Å². The smallest absolute Gasteiger partial charge is 0.304 e. The highest BCUT2D eigenvalue weighted by Crippen LogP contribution is 2.26. The third-order valence-electron chi connectivity index (χ3n) is 3.91. The van der Waals surface area contributed by atoms with Gasteiger partial charge >= 0.3 is 5.97 Å². The minimum absolute atomic E-state index is 0.241. The number of rotatable bonds is 5. The summed E-state index contributed by atoms with van der Waals surface area (Å²) in [4.78, 5) is 13.1. The van der Waals surface area contributed by atoms with Crippen molar-refractivity contribution in [3.63, 3.8) is 0 Å². The van der Waals surface area contributed by atoms with Crippen molar-refractivity contribution in [1.82, 2.24) is 4.90 Å². The van der Waals surface area contributed by atoms with Crippen LogP contribution in [0.15, 0.2) is 0 Å². The van der Waals surface area contributed by atoms with E-state index < -0.39 is 5.97 Å². The largest absolute Gasteiger partial charge is 0.481 e. The first kappa shape index (κ1) is 13.5. The van der Waals surface area contributed by atoms with Crippen LogP contribution in [0.5, 0.6) is 0 Å². The molecule has 1 saturated heterocycles. The van der Waals surface area contributed by atoms with Crippen LogP contribution in [-0.2, 0) is 4.79 Å². The maximum atomic E-state index is 10.8. The fraction of sp³-hybridized carbons (Fsp3) is 0.923. The molecule has 0 bridgehead atoms. The maximum Gasteiger partial charge on any atom is 0.304 e. The van der Waals surface area contributed by atoms with E-state index in [4.69, 9.17) is 5.11 Å². The molecule has 94 valence electrons. The lowest BCUT2D eigenvalue weighted by atomic mass is 9.86. The number of hydrogen-bond donors (Lipinski definition) is 1. The molecule has 0 saturated carbocycles. The summed E-state index contributed by atoms with van der Waals surface area (Å²) >= 11 is 0. The fourth-order valence-corrected chi connectivity index (χ4v) is 2.68. The van der Waals surface area contributed by atoms with Crippen molar-refractivity contribution in [2.24, 2.45) is 11.8 Å². The van der Waals surface area contributed by atoms with Crippen molar-refractivity contribution in [2.45, 2.75) is 52.5 Å². The Morgan fingerprint density at radius 1 is 1.38 bits per heavy atom. The first-order valence-corrected chi connectivity index (χ1v) is 6.50. The second kappa shape index (κ2) is 6.24. The molecule has 1 N–H and O–H groups in total. The number of likely N-dealkylation sites (tertiary alicyclic amines) is 1. The summed E-state index contributed by atoms with van der Waals surface area (Å²) in [6.07, 6.45) is 3.70. The van der Waals surface area contributed by atoms with Crippen molar-refractivity contribution < 1.29 is 9.90 Å². The van der Waals surface area contributed by atoms with Crippen LogP contribution in [0, 0.1) is 11.8 Å². The lowest BCUT2D eigenvalue weighted by molar-refractivity contribution is -0.138. The first-order valence-electron chi connectivity index (χ1n) is 6.50. The van der Waals surface area contributed by atoms with Crippen LogP contribution in [0.25, 0.3) is 0 Å². The van der Waals surface area contributed by atoms with Crippen LogP contribution < -0.4 is 0 Å². The van der Waals surface area contributed by atoms with E-state index in [0.29, 0.717) is 6.42 Å². The lowest BCUT2D eigenvalue weighted by Gasteiger charge is -2.38. The Bertz CT molecular complexity index is 220. The normalized spacial score (nSPS) is 21.2. The summed E-state index contributed by atoms with van der Waals surface area (Å²) < 4.78 is 0. The average Bonchev–Trinajstić information content (AvgIpc) is 2.25. The molecule has 0 aliphatic carbocycles. The Hall–Kier alpha value is -0.570.